The fourth-order valence-electron chi connectivity index (χ4n) is 12.5. The van der Waals surface area contributed by atoms with E-state index in [1.807, 2.05) is 0 Å². The van der Waals surface area contributed by atoms with Crippen LogP contribution in [0, 0.1) is 34.5 Å². The summed E-state index contributed by atoms with van der Waals surface area (Å²) in [5, 5.41) is 0. The Morgan fingerprint density at radius 3 is 1.95 bits per heavy atom. The summed E-state index contributed by atoms with van der Waals surface area (Å²) in [5.74, 6) is 3.59. The van der Waals surface area contributed by atoms with Gasteiger partial charge in [0.1, 0.15) is 0 Å². The molecule has 0 N–H and O–H groups in total. The van der Waals surface area contributed by atoms with Gasteiger partial charge in [0.25, 0.3) is 0 Å². The molecule has 2 saturated carbocycles. The molecule has 388 valence electrons. The van der Waals surface area contributed by atoms with E-state index in [-0.39, 0.29) is 6.10 Å². The zero-order valence-corrected chi connectivity index (χ0v) is 45.7. The third-order valence-electron chi connectivity index (χ3n) is 17.0. The van der Waals surface area contributed by atoms with Crippen LogP contribution in [0.4, 0.5) is 0 Å². The summed E-state index contributed by atoms with van der Waals surface area (Å²) in [4.78, 5) is 2.60. The average molecular weight is 927 g/mol. The Bertz CT molecular complexity index is 1180. The van der Waals surface area contributed by atoms with Crippen LogP contribution in [0.5, 0.6) is 0 Å². The number of nitrogens with zero attached hydrogens (tertiary/aromatic N) is 1. The van der Waals surface area contributed by atoms with E-state index in [2.05, 4.69) is 84.6 Å². The van der Waals surface area contributed by atoms with Crippen LogP contribution in [-0.4, -0.2) is 75.9 Å². The van der Waals surface area contributed by atoms with Crippen LogP contribution in [0.1, 0.15) is 261 Å². The number of allylic oxidation sites excluding steroid dienone is 4. The highest BCUT2D eigenvalue weighted by Gasteiger charge is 2.47. The molecule has 5 heteroatoms. The van der Waals surface area contributed by atoms with Gasteiger partial charge >= 0.3 is 0 Å². The van der Waals surface area contributed by atoms with Crippen LogP contribution in [0.2, 0.25) is 0 Å². The van der Waals surface area contributed by atoms with Crippen LogP contribution >= 0.6 is 0 Å². The highest BCUT2D eigenvalue weighted by atomic mass is 16.5. The number of ether oxygens (including phenoxy) is 4. The van der Waals surface area contributed by atoms with Gasteiger partial charge in [0.05, 0.1) is 18.8 Å². The highest BCUT2D eigenvalue weighted by Crippen LogP contribution is 2.56. The van der Waals surface area contributed by atoms with Gasteiger partial charge in [0.2, 0.25) is 0 Å². The van der Waals surface area contributed by atoms with Gasteiger partial charge in [0, 0.05) is 45.6 Å². The summed E-state index contributed by atoms with van der Waals surface area (Å²) in [6.07, 6.45) is 52.2. The van der Waals surface area contributed by atoms with Crippen molar-refractivity contribution in [2.45, 2.75) is 279 Å². The molecule has 0 bridgehead atoms. The normalized spacial score (nSPS) is 26.2. The predicted octanol–water partition coefficient (Wildman–Crippen LogP) is 17.7. The van der Waals surface area contributed by atoms with Crippen molar-refractivity contribution in [3.8, 4) is 0 Å². The monoisotopic (exact) mass is 926 g/mol. The molecule has 3 rings (SSSR count). The fraction of sp³-hybridized carbons (Fsp3) is 0.934. The average Bonchev–Trinajstić information content (AvgIpc) is 3.85. The lowest BCUT2D eigenvalue weighted by Crippen LogP contribution is -2.38. The van der Waals surface area contributed by atoms with Crippen molar-refractivity contribution in [2.24, 2.45) is 34.5 Å². The molecule has 1 saturated heterocycles. The Balaban J connectivity index is 1.18. The van der Waals surface area contributed by atoms with Crippen LogP contribution < -0.4 is 0 Å². The molecule has 1 heterocycles. The topological polar surface area (TPSA) is 40.2 Å². The van der Waals surface area contributed by atoms with E-state index in [1.54, 1.807) is 0 Å². The Morgan fingerprint density at radius 1 is 0.621 bits per heavy atom. The maximum absolute atomic E-state index is 6.44. The Hall–Kier alpha value is -0.720. The minimum absolute atomic E-state index is 0.150. The second-order valence-corrected chi connectivity index (χ2v) is 23.4. The predicted molar refractivity (Wildman–Crippen MR) is 287 cm³/mol. The van der Waals surface area contributed by atoms with Gasteiger partial charge in [0.15, 0.2) is 0 Å². The summed E-state index contributed by atoms with van der Waals surface area (Å²) in [5.41, 5.74) is 1.05. The Kier molecular flexibility index (Phi) is 33.5. The summed E-state index contributed by atoms with van der Waals surface area (Å²) < 4.78 is 25.1. The van der Waals surface area contributed by atoms with E-state index in [4.69, 9.17) is 18.9 Å². The molecule has 3 aliphatic rings. The zero-order valence-electron chi connectivity index (χ0n) is 45.7. The molecule has 0 spiro atoms. The second-order valence-electron chi connectivity index (χ2n) is 23.4. The number of rotatable bonds is 42. The van der Waals surface area contributed by atoms with Crippen molar-refractivity contribution in [2.75, 3.05) is 52.7 Å². The lowest BCUT2D eigenvalue weighted by Gasteiger charge is -2.42. The minimum Gasteiger partial charge on any atom is -0.381 e. The van der Waals surface area contributed by atoms with E-state index in [1.165, 1.54) is 193 Å². The fourth-order valence-corrected chi connectivity index (χ4v) is 12.5. The van der Waals surface area contributed by atoms with Crippen molar-refractivity contribution in [1.82, 2.24) is 4.90 Å². The van der Waals surface area contributed by atoms with Crippen LogP contribution in [-0.2, 0) is 18.9 Å². The summed E-state index contributed by atoms with van der Waals surface area (Å²) in [6.45, 7) is 26.6. The largest absolute Gasteiger partial charge is 0.381 e. The van der Waals surface area contributed by atoms with Crippen LogP contribution in [0.3, 0.4) is 0 Å². The van der Waals surface area contributed by atoms with Crippen LogP contribution in [0.15, 0.2) is 24.3 Å². The number of hydrogen-bond donors (Lipinski definition) is 0. The molecule has 0 aromatic rings. The molecule has 2 aliphatic carbocycles. The zero-order chi connectivity index (χ0) is 47.6. The van der Waals surface area contributed by atoms with Crippen LogP contribution in [0.25, 0.3) is 0 Å². The molecule has 0 amide bonds. The van der Waals surface area contributed by atoms with Crippen molar-refractivity contribution in [1.29, 1.82) is 0 Å². The first-order valence-electron chi connectivity index (χ1n) is 29.5. The van der Waals surface area contributed by atoms with Gasteiger partial charge in [-0.1, -0.05) is 163 Å². The molecular formula is C61H115NO4. The summed E-state index contributed by atoms with van der Waals surface area (Å²) in [6, 6.07) is 0.656. The summed E-state index contributed by atoms with van der Waals surface area (Å²) >= 11 is 0. The van der Waals surface area contributed by atoms with Crippen molar-refractivity contribution in [3.63, 3.8) is 0 Å². The lowest BCUT2D eigenvalue weighted by atomic mass is 9.63. The first-order valence-corrected chi connectivity index (χ1v) is 29.5. The molecule has 66 heavy (non-hydrogen) atoms. The molecule has 5 nitrogen and oxygen atoms in total. The maximum Gasteiger partial charge on any atom is 0.0935 e. The van der Waals surface area contributed by atoms with Gasteiger partial charge in [-0.2, -0.15) is 0 Å². The first kappa shape index (κ1) is 59.6. The van der Waals surface area contributed by atoms with Crippen molar-refractivity contribution in [3.05, 3.63) is 24.3 Å². The maximum atomic E-state index is 6.44. The Labute approximate surface area is 412 Å². The van der Waals surface area contributed by atoms with Gasteiger partial charge in [-0.25, -0.2) is 0 Å². The minimum atomic E-state index is 0.150. The van der Waals surface area contributed by atoms with Gasteiger partial charge < -0.3 is 18.9 Å². The number of hydrogen-bond acceptors (Lipinski definition) is 5. The smallest absolute Gasteiger partial charge is 0.0935 e. The molecule has 2 unspecified atom stereocenters. The lowest BCUT2D eigenvalue weighted by molar-refractivity contribution is -0.0409. The van der Waals surface area contributed by atoms with E-state index < -0.39 is 0 Å². The van der Waals surface area contributed by atoms with Gasteiger partial charge in [-0.05, 0) is 164 Å². The van der Waals surface area contributed by atoms with E-state index >= 15 is 0 Å². The molecule has 6 atom stereocenters. The SMILES string of the molecule is CCCCC/C=C\C/C=C\CCCCCCCCCCOCC(CN1CCCC1C)OCCCOCCCO[C@H]1CC[C@](C)(CCC[C@@]2(C)[C@H](CCC)CC[C@@H]2[C@H](C)CCCC(C)C)CC1. The molecule has 0 radical (unpaired) electrons. The highest BCUT2D eigenvalue weighted by molar-refractivity contribution is 4.97. The number of unbranched alkanes of at least 4 members (excludes halogenated alkanes) is 11. The third-order valence-corrected chi connectivity index (χ3v) is 17.0. The van der Waals surface area contributed by atoms with Gasteiger partial charge in [-0.15, -0.1) is 0 Å². The quantitative estimate of drug-likeness (QED) is 0.0451. The van der Waals surface area contributed by atoms with Crippen molar-refractivity contribution < 1.29 is 18.9 Å². The summed E-state index contributed by atoms with van der Waals surface area (Å²) in [7, 11) is 0. The van der Waals surface area contributed by atoms with Crippen molar-refractivity contribution >= 4 is 0 Å². The third kappa shape index (κ3) is 25.9. The molecule has 0 aromatic heterocycles. The molecular weight excluding hydrogens is 811 g/mol. The van der Waals surface area contributed by atoms with E-state index in [0.29, 0.717) is 29.6 Å². The number of likely N-dealkylation sites (tertiary alicyclic amines) is 1. The Morgan fingerprint density at radius 2 is 1.29 bits per heavy atom. The van der Waals surface area contributed by atoms with E-state index in [0.717, 1.165) is 82.5 Å². The standard InChI is InChI=1S/C61H115NO4/c1-9-11-12-13-14-15-16-17-18-19-20-21-22-23-24-25-26-27-46-64-52-58(51-62-45-29-36-55(62)6)66-50-32-48-63-47-31-49-65-57-39-43-60(7,44-40-57)41-30-42-61(8)56(33-10-2)37-38-59(61)54(5)35-28-34-53(3)4/h14-15,17-18,53-59H,9-13,16,19-52H2,1-8H3/b15-14-,18-17-/t54-,55?,56-,57-,58?,59-,60-,61+/m1/s1. The molecule has 1 aliphatic heterocycles. The van der Waals surface area contributed by atoms with Gasteiger partial charge in [-0.3, -0.25) is 4.90 Å². The molecule has 0 aromatic carbocycles. The first-order chi connectivity index (χ1) is 32.1. The molecule has 3 fully saturated rings. The second kappa shape index (κ2) is 37.1. The van der Waals surface area contributed by atoms with E-state index in [9.17, 15) is 0 Å².